The zero-order valence-corrected chi connectivity index (χ0v) is 10.8. The second-order valence-corrected chi connectivity index (χ2v) is 4.52. The van der Waals surface area contributed by atoms with Crippen LogP contribution in [0.15, 0.2) is 42.5 Å². The highest BCUT2D eigenvalue weighted by molar-refractivity contribution is 6.09. The van der Waals surface area contributed by atoms with Gasteiger partial charge in [-0.3, -0.25) is 4.79 Å². The molecule has 2 nitrogen and oxygen atoms in total. The number of carbonyl (C=O) groups is 1. The Labute approximate surface area is 112 Å². The fourth-order valence-corrected chi connectivity index (χ4v) is 1.98. The summed E-state index contributed by atoms with van der Waals surface area (Å²) in [6.07, 6.45) is 2.03. The molecule has 0 radical (unpaired) electrons. The quantitative estimate of drug-likeness (QED) is 0.672. The summed E-state index contributed by atoms with van der Waals surface area (Å²) in [4.78, 5) is 12.2. The lowest BCUT2D eigenvalue weighted by Crippen LogP contribution is -2.05. The molecule has 0 saturated carbocycles. The van der Waals surface area contributed by atoms with Crippen molar-refractivity contribution in [3.63, 3.8) is 0 Å². The van der Waals surface area contributed by atoms with Crippen LogP contribution >= 0.6 is 0 Å². The normalized spacial score (nSPS) is 10.4. The minimum absolute atomic E-state index is 0.0169. The van der Waals surface area contributed by atoms with Crippen molar-refractivity contribution < 1.29 is 9.18 Å². The number of benzene rings is 2. The van der Waals surface area contributed by atoms with Gasteiger partial charge >= 0.3 is 0 Å². The number of ketones is 1. The fraction of sp³-hybridized carbons (Fsp3) is 0.188. The number of hydrogen-bond donors (Lipinski definition) is 1. The van der Waals surface area contributed by atoms with Gasteiger partial charge in [-0.2, -0.15) is 0 Å². The van der Waals surface area contributed by atoms with E-state index in [1.165, 1.54) is 23.8 Å². The highest BCUT2D eigenvalue weighted by atomic mass is 19.1. The summed E-state index contributed by atoms with van der Waals surface area (Å²) in [5, 5.41) is 0. The van der Waals surface area contributed by atoms with Crippen LogP contribution in [0.5, 0.6) is 0 Å². The van der Waals surface area contributed by atoms with E-state index in [1.807, 2.05) is 12.1 Å². The third-order valence-corrected chi connectivity index (χ3v) is 2.99. The first-order valence-electron chi connectivity index (χ1n) is 6.30. The van der Waals surface area contributed by atoms with Crippen molar-refractivity contribution >= 4 is 11.5 Å². The molecule has 0 bridgehead atoms. The molecule has 2 aromatic rings. The number of carbonyl (C=O) groups excluding carboxylic acids is 1. The Morgan fingerprint density at radius 1 is 1.16 bits per heavy atom. The minimum atomic E-state index is -0.545. The van der Waals surface area contributed by atoms with Crippen molar-refractivity contribution in [2.45, 2.75) is 19.8 Å². The van der Waals surface area contributed by atoms with E-state index in [0.29, 0.717) is 11.3 Å². The van der Waals surface area contributed by atoms with Gasteiger partial charge in [0.1, 0.15) is 5.82 Å². The number of nitrogen functional groups attached to an aromatic ring is 1. The molecular weight excluding hydrogens is 241 g/mol. The van der Waals surface area contributed by atoms with Gasteiger partial charge in [-0.05, 0) is 30.2 Å². The maximum absolute atomic E-state index is 13.6. The third kappa shape index (κ3) is 2.99. The lowest BCUT2D eigenvalue weighted by molar-refractivity contribution is 0.103. The van der Waals surface area contributed by atoms with E-state index >= 15 is 0 Å². The number of halogens is 1. The van der Waals surface area contributed by atoms with Gasteiger partial charge in [-0.15, -0.1) is 0 Å². The van der Waals surface area contributed by atoms with Crippen molar-refractivity contribution in [1.82, 2.24) is 0 Å². The molecule has 0 unspecified atom stereocenters. The topological polar surface area (TPSA) is 43.1 Å². The van der Waals surface area contributed by atoms with Gasteiger partial charge in [0.2, 0.25) is 0 Å². The molecule has 0 aromatic heterocycles. The highest BCUT2D eigenvalue weighted by Crippen LogP contribution is 2.17. The first kappa shape index (κ1) is 13.3. The largest absolute Gasteiger partial charge is 0.399 e. The maximum atomic E-state index is 13.6. The SMILES string of the molecule is CCCc1ccc(C(=O)c2cc(N)ccc2F)cc1. The zero-order valence-electron chi connectivity index (χ0n) is 10.8. The average Bonchev–Trinajstić information content (AvgIpc) is 2.42. The number of aryl methyl sites for hydroxylation is 1. The monoisotopic (exact) mass is 257 g/mol. The van der Waals surface area contributed by atoms with Crippen LogP contribution in [0.25, 0.3) is 0 Å². The summed E-state index contributed by atoms with van der Waals surface area (Å²) in [5.41, 5.74) is 7.64. The van der Waals surface area contributed by atoms with Crippen LogP contribution in [0.1, 0.15) is 34.8 Å². The summed E-state index contributed by atoms with van der Waals surface area (Å²) in [6.45, 7) is 2.10. The standard InChI is InChI=1S/C16H16FNO/c1-2-3-11-4-6-12(7-5-11)16(19)14-10-13(18)8-9-15(14)17/h4-10H,2-3,18H2,1H3. The lowest BCUT2D eigenvalue weighted by atomic mass is 10.00. The van der Waals surface area contributed by atoms with Gasteiger partial charge in [-0.25, -0.2) is 4.39 Å². The first-order chi connectivity index (χ1) is 9.11. The predicted octanol–water partition coefficient (Wildman–Crippen LogP) is 3.59. The maximum Gasteiger partial charge on any atom is 0.196 e. The fourth-order valence-electron chi connectivity index (χ4n) is 1.98. The number of rotatable bonds is 4. The number of nitrogens with two attached hydrogens (primary N) is 1. The molecule has 0 aliphatic carbocycles. The van der Waals surface area contributed by atoms with Crippen molar-refractivity contribution in [2.24, 2.45) is 0 Å². The van der Waals surface area contributed by atoms with Crippen molar-refractivity contribution in [3.8, 4) is 0 Å². The van der Waals surface area contributed by atoms with Gasteiger partial charge in [0.05, 0.1) is 5.56 Å². The Kier molecular flexibility index (Phi) is 3.95. The molecule has 0 amide bonds. The van der Waals surface area contributed by atoms with Crippen LogP contribution in [0.2, 0.25) is 0 Å². The van der Waals surface area contributed by atoms with E-state index < -0.39 is 5.82 Å². The molecule has 0 heterocycles. The van der Waals surface area contributed by atoms with Crippen LogP contribution < -0.4 is 5.73 Å². The molecule has 98 valence electrons. The summed E-state index contributed by atoms with van der Waals surface area (Å²) < 4.78 is 13.6. The molecule has 2 aromatic carbocycles. The van der Waals surface area contributed by atoms with E-state index in [0.717, 1.165) is 12.8 Å². The summed E-state index contributed by atoms with van der Waals surface area (Å²) in [6, 6.07) is 11.3. The van der Waals surface area contributed by atoms with Crippen molar-refractivity contribution in [2.75, 3.05) is 5.73 Å². The molecule has 19 heavy (non-hydrogen) atoms. The Morgan fingerprint density at radius 3 is 2.47 bits per heavy atom. The third-order valence-electron chi connectivity index (χ3n) is 2.99. The van der Waals surface area contributed by atoms with E-state index in [-0.39, 0.29) is 11.3 Å². The van der Waals surface area contributed by atoms with Crippen LogP contribution in [0.4, 0.5) is 10.1 Å². The molecular formula is C16H16FNO. The van der Waals surface area contributed by atoms with Crippen LogP contribution in [-0.2, 0) is 6.42 Å². The van der Waals surface area contributed by atoms with E-state index in [2.05, 4.69) is 6.92 Å². The average molecular weight is 257 g/mol. The van der Waals surface area contributed by atoms with Gasteiger partial charge in [0.15, 0.2) is 5.78 Å². The highest BCUT2D eigenvalue weighted by Gasteiger charge is 2.14. The second kappa shape index (κ2) is 5.65. The van der Waals surface area contributed by atoms with Crippen LogP contribution in [0.3, 0.4) is 0 Å². The van der Waals surface area contributed by atoms with Gasteiger partial charge in [0.25, 0.3) is 0 Å². The summed E-state index contributed by atoms with van der Waals surface area (Å²) in [5.74, 6) is -0.885. The van der Waals surface area contributed by atoms with E-state index in [9.17, 15) is 9.18 Å². The van der Waals surface area contributed by atoms with Gasteiger partial charge in [0, 0.05) is 11.3 Å². The number of anilines is 1. The van der Waals surface area contributed by atoms with E-state index in [4.69, 9.17) is 5.73 Å². The summed E-state index contributed by atoms with van der Waals surface area (Å²) in [7, 11) is 0. The predicted molar refractivity (Wildman–Crippen MR) is 74.7 cm³/mol. The van der Waals surface area contributed by atoms with Crippen LogP contribution in [-0.4, -0.2) is 5.78 Å². The van der Waals surface area contributed by atoms with Crippen LogP contribution in [0, 0.1) is 5.82 Å². The van der Waals surface area contributed by atoms with E-state index in [1.54, 1.807) is 12.1 Å². The summed E-state index contributed by atoms with van der Waals surface area (Å²) >= 11 is 0. The van der Waals surface area contributed by atoms with Crippen molar-refractivity contribution in [1.29, 1.82) is 0 Å². The molecule has 2 N–H and O–H groups in total. The molecule has 3 heteroatoms. The Balaban J connectivity index is 2.30. The molecule has 0 aliphatic heterocycles. The molecule has 0 saturated heterocycles. The Hall–Kier alpha value is -2.16. The molecule has 0 spiro atoms. The number of hydrogen-bond acceptors (Lipinski definition) is 2. The molecule has 0 aliphatic rings. The Morgan fingerprint density at radius 2 is 1.84 bits per heavy atom. The molecule has 0 atom stereocenters. The zero-order chi connectivity index (χ0) is 13.8. The second-order valence-electron chi connectivity index (χ2n) is 4.52. The minimum Gasteiger partial charge on any atom is -0.399 e. The van der Waals surface area contributed by atoms with Gasteiger partial charge < -0.3 is 5.73 Å². The Bertz CT molecular complexity index is 590. The molecule has 0 fully saturated rings. The van der Waals surface area contributed by atoms with Crippen molar-refractivity contribution in [3.05, 3.63) is 65.0 Å². The smallest absolute Gasteiger partial charge is 0.196 e. The molecule has 2 rings (SSSR count). The first-order valence-corrected chi connectivity index (χ1v) is 6.30. The lowest BCUT2D eigenvalue weighted by Gasteiger charge is -2.05. The van der Waals surface area contributed by atoms with Gasteiger partial charge in [-0.1, -0.05) is 37.6 Å².